The van der Waals surface area contributed by atoms with Crippen molar-refractivity contribution >= 4 is 5.78 Å². The Bertz CT molecular complexity index is 480. The Morgan fingerprint density at radius 2 is 2.25 bits per heavy atom. The first-order valence-corrected chi connectivity index (χ1v) is 4.95. The summed E-state index contributed by atoms with van der Waals surface area (Å²) in [6.45, 7) is 2.39. The number of carbonyl (C=O) groups is 1. The van der Waals surface area contributed by atoms with Gasteiger partial charge in [-0.2, -0.15) is 15.4 Å². The van der Waals surface area contributed by atoms with E-state index in [-0.39, 0.29) is 11.5 Å². The van der Waals surface area contributed by atoms with Crippen LogP contribution < -0.4 is 4.74 Å². The van der Waals surface area contributed by atoms with Gasteiger partial charge in [0.25, 0.3) is 0 Å². The van der Waals surface area contributed by atoms with Crippen LogP contribution >= 0.6 is 0 Å². The van der Waals surface area contributed by atoms with Gasteiger partial charge in [-0.25, -0.2) is 0 Å². The summed E-state index contributed by atoms with van der Waals surface area (Å²) in [4.78, 5) is 12.0. The van der Waals surface area contributed by atoms with E-state index in [0.29, 0.717) is 17.9 Å². The van der Waals surface area contributed by atoms with Gasteiger partial charge in [0.1, 0.15) is 5.75 Å². The van der Waals surface area contributed by atoms with Gasteiger partial charge in [0.15, 0.2) is 5.69 Å². The largest absolute Gasteiger partial charge is 0.493 e. The smallest absolute Gasteiger partial charge is 0.218 e. The Labute approximate surface area is 92.4 Å². The molecule has 1 heterocycles. The molecule has 0 atom stereocenters. The van der Waals surface area contributed by atoms with E-state index in [9.17, 15) is 4.79 Å². The quantitative estimate of drug-likeness (QED) is 0.787. The lowest BCUT2D eigenvalue weighted by molar-refractivity contribution is 0.103. The Morgan fingerprint density at radius 3 is 2.94 bits per heavy atom. The fourth-order valence-electron chi connectivity index (χ4n) is 1.38. The molecule has 82 valence electrons. The highest BCUT2D eigenvalue weighted by Gasteiger charge is 2.16. The topological polar surface area (TPSA) is 67.9 Å². The maximum absolute atomic E-state index is 12.0. The molecular weight excluding hydrogens is 206 g/mol. The minimum Gasteiger partial charge on any atom is -0.493 e. The van der Waals surface area contributed by atoms with E-state index in [2.05, 4.69) is 15.4 Å². The molecule has 1 aromatic carbocycles. The molecule has 0 fully saturated rings. The SMILES string of the molecule is CCOc1ccccc1C(=O)c1cn[nH]n1. The number of rotatable bonds is 4. The number of aromatic amines is 1. The second kappa shape index (κ2) is 4.57. The monoisotopic (exact) mass is 217 g/mol. The zero-order valence-electron chi connectivity index (χ0n) is 8.80. The van der Waals surface area contributed by atoms with Crippen molar-refractivity contribution in [3.8, 4) is 5.75 Å². The molecule has 0 aliphatic heterocycles. The first-order valence-electron chi connectivity index (χ1n) is 4.95. The number of carbonyl (C=O) groups excluding carboxylic acids is 1. The highest BCUT2D eigenvalue weighted by Crippen LogP contribution is 2.20. The van der Waals surface area contributed by atoms with Crippen molar-refractivity contribution in [2.45, 2.75) is 6.92 Å². The third-order valence-electron chi connectivity index (χ3n) is 2.08. The van der Waals surface area contributed by atoms with Crippen molar-refractivity contribution in [3.05, 3.63) is 41.7 Å². The van der Waals surface area contributed by atoms with E-state index in [4.69, 9.17) is 4.74 Å². The molecule has 0 bridgehead atoms. The van der Waals surface area contributed by atoms with Gasteiger partial charge in [0.2, 0.25) is 5.78 Å². The van der Waals surface area contributed by atoms with Gasteiger partial charge in [0, 0.05) is 0 Å². The predicted octanol–water partition coefficient (Wildman–Crippen LogP) is 1.43. The molecule has 0 radical (unpaired) electrons. The highest BCUT2D eigenvalue weighted by atomic mass is 16.5. The summed E-state index contributed by atoms with van der Waals surface area (Å²) >= 11 is 0. The summed E-state index contributed by atoms with van der Waals surface area (Å²) in [7, 11) is 0. The van der Waals surface area contributed by atoms with E-state index in [0.717, 1.165) is 0 Å². The number of hydrogen-bond donors (Lipinski definition) is 1. The number of hydrogen-bond acceptors (Lipinski definition) is 4. The standard InChI is InChI=1S/C11H11N3O2/c1-2-16-10-6-4-3-5-8(10)11(15)9-7-12-14-13-9/h3-7H,2H2,1H3,(H,12,13,14). The van der Waals surface area contributed by atoms with E-state index in [1.807, 2.05) is 13.0 Å². The minimum atomic E-state index is -0.196. The molecule has 16 heavy (non-hydrogen) atoms. The van der Waals surface area contributed by atoms with Gasteiger partial charge in [-0.15, -0.1) is 0 Å². The van der Waals surface area contributed by atoms with Gasteiger partial charge in [0.05, 0.1) is 18.4 Å². The van der Waals surface area contributed by atoms with E-state index >= 15 is 0 Å². The summed E-state index contributed by atoms with van der Waals surface area (Å²) in [6, 6.07) is 7.08. The van der Waals surface area contributed by atoms with Gasteiger partial charge < -0.3 is 4.74 Å². The summed E-state index contributed by atoms with van der Waals surface area (Å²) in [5.74, 6) is 0.371. The molecule has 5 heteroatoms. The fraction of sp³-hybridized carbons (Fsp3) is 0.182. The molecule has 5 nitrogen and oxygen atoms in total. The van der Waals surface area contributed by atoms with Crippen molar-refractivity contribution in [1.82, 2.24) is 15.4 Å². The second-order valence-electron chi connectivity index (χ2n) is 3.11. The van der Waals surface area contributed by atoms with E-state index < -0.39 is 0 Å². The van der Waals surface area contributed by atoms with Crippen LogP contribution in [-0.2, 0) is 0 Å². The van der Waals surface area contributed by atoms with Crippen molar-refractivity contribution in [3.63, 3.8) is 0 Å². The van der Waals surface area contributed by atoms with Crippen LogP contribution in [0.4, 0.5) is 0 Å². The van der Waals surface area contributed by atoms with Gasteiger partial charge >= 0.3 is 0 Å². The lowest BCUT2D eigenvalue weighted by Gasteiger charge is -2.07. The first kappa shape index (κ1) is 10.4. The Kier molecular flexibility index (Phi) is 2.95. The molecule has 0 spiro atoms. The van der Waals surface area contributed by atoms with Crippen molar-refractivity contribution < 1.29 is 9.53 Å². The maximum Gasteiger partial charge on any atom is 0.218 e. The number of aromatic nitrogens is 3. The van der Waals surface area contributed by atoms with E-state index in [1.54, 1.807) is 18.2 Å². The predicted molar refractivity (Wildman–Crippen MR) is 57.4 cm³/mol. The number of ether oxygens (including phenoxy) is 1. The molecule has 0 aliphatic rings. The van der Waals surface area contributed by atoms with Crippen LogP contribution in [0.2, 0.25) is 0 Å². The van der Waals surface area contributed by atoms with Crippen LogP contribution in [0.15, 0.2) is 30.5 Å². The maximum atomic E-state index is 12.0. The minimum absolute atomic E-state index is 0.196. The van der Waals surface area contributed by atoms with Crippen molar-refractivity contribution in [1.29, 1.82) is 0 Å². The van der Waals surface area contributed by atoms with Crippen molar-refractivity contribution in [2.24, 2.45) is 0 Å². The molecule has 2 aromatic rings. The molecule has 0 unspecified atom stereocenters. The Hall–Kier alpha value is -2.17. The number of nitrogens with one attached hydrogen (secondary N) is 1. The van der Waals surface area contributed by atoms with Gasteiger partial charge in [-0.3, -0.25) is 4.79 Å². The normalized spacial score (nSPS) is 10.1. The molecule has 1 N–H and O–H groups in total. The number of ketones is 1. The summed E-state index contributed by atoms with van der Waals surface area (Å²) in [5, 5.41) is 9.77. The molecule has 0 saturated carbocycles. The molecule has 0 amide bonds. The van der Waals surface area contributed by atoms with Gasteiger partial charge in [-0.05, 0) is 19.1 Å². The van der Waals surface area contributed by atoms with Crippen LogP contribution in [0.25, 0.3) is 0 Å². The summed E-state index contributed by atoms with van der Waals surface area (Å²) in [5.41, 5.74) is 0.783. The highest BCUT2D eigenvalue weighted by molar-refractivity contribution is 6.09. The van der Waals surface area contributed by atoms with Gasteiger partial charge in [-0.1, -0.05) is 12.1 Å². The van der Waals surface area contributed by atoms with Crippen LogP contribution in [0, 0.1) is 0 Å². The zero-order chi connectivity index (χ0) is 11.4. The number of nitrogens with zero attached hydrogens (tertiary/aromatic N) is 2. The average Bonchev–Trinajstić information content (AvgIpc) is 2.83. The lowest BCUT2D eigenvalue weighted by atomic mass is 10.1. The lowest BCUT2D eigenvalue weighted by Crippen LogP contribution is -2.05. The first-order chi connectivity index (χ1) is 7.83. The number of benzene rings is 1. The second-order valence-corrected chi connectivity index (χ2v) is 3.11. The Morgan fingerprint density at radius 1 is 1.44 bits per heavy atom. The molecule has 0 saturated heterocycles. The third-order valence-corrected chi connectivity index (χ3v) is 2.08. The zero-order valence-corrected chi connectivity index (χ0v) is 8.80. The number of para-hydroxylation sites is 1. The summed E-state index contributed by atoms with van der Waals surface area (Å²) in [6.07, 6.45) is 1.39. The molecule has 0 aliphatic carbocycles. The Balaban J connectivity index is 2.36. The van der Waals surface area contributed by atoms with Crippen LogP contribution in [-0.4, -0.2) is 27.8 Å². The molecule has 1 aromatic heterocycles. The fourth-order valence-corrected chi connectivity index (χ4v) is 1.38. The number of H-pyrrole nitrogens is 1. The van der Waals surface area contributed by atoms with Crippen LogP contribution in [0.1, 0.15) is 23.0 Å². The van der Waals surface area contributed by atoms with Crippen LogP contribution in [0.5, 0.6) is 5.75 Å². The van der Waals surface area contributed by atoms with Crippen LogP contribution in [0.3, 0.4) is 0 Å². The molecular formula is C11H11N3O2. The third kappa shape index (κ3) is 1.93. The van der Waals surface area contributed by atoms with Crippen molar-refractivity contribution in [2.75, 3.05) is 6.61 Å². The summed E-state index contributed by atoms with van der Waals surface area (Å²) < 4.78 is 5.38. The average molecular weight is 217 g/mol. The molecule has 2 rings (SSSR count). The van der Waals surface area contributed by atoms with E-state index in [1.165, 1.54) is 6.20 Å².